The van der Waals surface area contributed by atoms with E-state index in [1.165, 1.54) is 16.7 Å². The summed E-state index contributed by atoms with van der Waals surface area (Å²) in [4.78, 5) is 0. The highest BCUT2D eigenvalue weighted by Crippen LogP contribution is 2.30. The molecule has 0 aliphatic rings. The van der Waals surface area contributed by atoms with Crippen LogP contribution in [0.15, 0.2) is 91.0 Å². The minimum absolute atomic E-state index is 0.196. The summed E-state index contributed by atoms with van der Waals surface area (Å²) in [5.74, 6) is -0.196. The molecular formula is C27H23F. The molecule has 0 heterocycles. The summed E-state index contributed by atoms with van der Waals surface area (Å²) in [6, 6.07) is 30.3. The second kappa shape index (κ2) is 7.82. The van der Waals surface area contributed by atoms with Gasteiger partial charge in [-0.1, -0.05) is 97.4 Å². The number of hydrogen-bond acceptors (Lipinski definition) is 0. The zero-order chi connectivity index (χ0) is 19.5. The topological polar surface area (TPSA) is 0 Å². The van der Waals surface area contributed by atoms with Crippen molar-refractivity contribution < 1.29 is 4.39 Å². The average Bonchev–Trinajstić information content (AvgIpc) is 2.74. The summed E-state index contributed by atoms with van der Waals surface area (Å²) >= 11 is 0. The predicted octanol–water partition coefficient (Wildman–Crippen LogP) is 7.70. The third-order valence-corrected chi connectivity index (χ3v) is 5.25. The fourth-order valence-electron chi connectivity index (χ4n) is 3.45. The van der Waals surface area contributed by atoms with Crippen LogP contribution in [0.3, 0.4) is 0 Å². The quantitative estimate of drug-likeness (QED) is 0.347. The number of hydrogen-bond donors (Lipinski definition) is 0. The lowest BCUT2D eigenvalue weighted by Crippen LogP contribution is -1.87. The van der Waals surface area contributed by atoms with Gasteiger partial charge in [0.2, 0.25) is 0 Å². The van der Waals surface area contributed by atoms with Crippen LogP contribution in [0.25, 0.3) is 33.4 Å². The van der Waals surface area contributed by atoms with Gasteiger partial charge in [-0.3, -0.25) is 0 Å². The van der Waals surface area contributed by atoms with Crippen molar-refractivity contribution in [3.63, 3.8) is 0 Å². The highest BCUT2D eigenvalue weighted by molar-refractivity contribution is 5.74. The summed E-state index contributed by atoms with van der Waals surface area (Å²) in [5.41, 5.74) is 8.30. The van der Waals surface area contributed by atoms with Gasteiger partial charge in [0.25, 0.3) is 0 Å². The van der Waals surface area contributed by atoms with Crippen LogP contribution in [0, 0.1) is 12.7 Å². The number of benzene rings is 4. The minimum Gasteiger partial charge on any atom is -0.206 e. The molecule has 0 fully saturated rings. The molecule has 0 nitrogen and oxygen atoms in total. The molecule has 4 rings (SSSR count). The summed E-state index contributed by atoms with van der Waals surface area (Å²) in [6.07, 6.45) is 1.04. The molecule has 0 radical (unpaired) electrons. The molecule has 0 saturated carbocycles. The third-order valence-electron chi connectivity index (χ3n) is 5.25. The maximum atomic E-state index is 14.8. The van der Waals surface area contributed by atoms with E-state index in [4.69, 9.17) is 0 Å². The van der Waals surface area contributed by atoms with Gasteiger partial charge < -0.3 is 0 Å². The van der Waals surface area contributed by atoms with Crippen molar-refractivity contribution in [1.82, 2.24) is 0 Å². The Labute approximate surface area is 166 Å². The van der Waals surface area contributed by atoms with E-state index in [1.807, 2.05) is 48.5 Å². The molecule has 0 bridgehead atoms. The molecule has 138 valence electrons. The Bertz CT molecular complexity index is 1070. The lowest BCUT2D eigenvalue weighted by atomic mass is 9.97. The Balaban J connectivity index is 1.61. The summed E-state index contributed by atoms with van der Waals surface area (Å²) in [7, 11) is 0. The number of halogens is 1. The van der Waals surface area contributed by atoms with Crippen LogP contribution >= 0.6 is 0 Å². The van der Waals surface area contributed by atoms with E-state index in [0.29, 0.717) is 5.56 Å². The molecule has 0 aromatic heterocycles. The highest BCUT2D eigenvalue weighted by Gasteiger charge is 2.08. The van der Waals surface area contributed by atoms with Crippen molar-refractivity contribution in [2.45, 2.75) is 20.3 Å². The minimum atomic E-state index is -0.196. The van der Waals surface area contributed by atoms with Gasteiger partial charge in [0.05, 0.1) is 0 Å². The zero-order valence-corrected chi connectivity index (χ0v) is 16.2. The molecule has 28 heavy (non-hydrogen) atoms. The predicted molar refractivity (Wildman–Crippen MR) is 117 cm³/mol. The first-order valence-corrected chi connectivity index (χ1v) is 9.70. The molecule has 0 amide bonds. The van der Waals surface area contributed by atoms with Gasteiger partial charge in [0.1, 0.15) is 5.82 Å². The fraction of sp³-hybridized carbons (Fsp3) is 0.111. The first-order valence-electron chi connectivity index (χ1n) is 9.70. The van der Waals surface area contributed by atoms with Crippen LogP contribution in [0.5, 0.6) is 0 Å². The fourth-order valence-corrected chi connectivity index (χ4v) is 3.45. The van der Waals surface area contributed by atoms with Gasteiger partial charge in [0, 0.05) is 5.56 Å². The summed E-state index contributed by atoms with van der Waals surface area (Å²) < 4.78 is 14.8. The van der Waals surface area contributed by atoms with E-state index < -0.39 is 0 Å². The summed E-state index contributed by atoms with van der Waals surface area (Å²) in [6.45, 7) is 4.21. The molecule has 0 aliphatic heterocycles. The van der Waals surface area contributed by atoms with Gasteiger partial charge in [-0.15, -0.1) is 0 Å². The molecule has 0 saturated heterocycles. The highest BCUT2D eigenvalue weighted by atomic mass is 19.1. The van der Waals surface area contributed by atoms with Crippen molar-refractivity contribution >= 4 is 0 Å². The zero-order valence-electron chi connectivity index (χ0n) is 16.2. The molecule has 0 unspecified atom stereocenters. The molecule has 4 aromatic carbocycles. The van der Waals surface area contributed by atoms with Crippen molar-refractivity contribution in [3.05, 3.63) is 108 Å². The Morgan fingerprint density at radius 3 is 1.61 bits per heavy atom. The normalized spacial score (nSPS) is 10.8. The second-order valence-electron chi connectivity index (χ2n) is 7.19. The molecule has 0 aliphatic carbocycles. The van der Waals surface area contributed by atoms with E-state index in [9.17, 15) is 4.39 Å². The van der Waals surface area contributed by atoms with Crippen molar-refractivity contribution in [2.24, 2.45) is 0 Å². The standard InChI is InChI=1S/C27H23F/c1-3-20-6-10-21(11-7-20)22-12-14-24(15-13-22)26-17-16-25(18-27(26)28)23-8-4-19(2)5-9-23/h4-18H,3H2,1-2H3. The largest absolute Gasteiger partial charge is 0.206 e. The van der Waals surface area contributed by atoms with Gasteiger partial charge in [-0.05, 0) is 52.8 Å². The molecule has 0 atom stereocenters. The van der Waals surface area contributed by atoms with Crippen molar-refractivity contribution in [1.29, 1.82) is 0 Å². The Hall–Kier alpha value is -3.19. The molecule has 1 heteroatoms. The van der Waals surface area contributed by atoms with Crippen LogP contribution in [-0.4, -0.2) is 0 Å². The van der Waals surface area contributed by atoms with Crippen LogP contribution < -0.4 is 0 Å². The Kier molecular flexibility index (Phi) is 5.08. The smallest absolute Gasteiger partial charge is 0.131 e. The second-order valence-corrected chi connectivity index (χ2v) is 7.19. The third kappa shape index (κ3) is 3.75. The Morgan fingerprint density at radius 1 is 0.571 bits per heavy atom. The SMILES string of the molecule is CCc1ccc(-c2ccc(-c3ccc(-c4ccc(C)cc4)cc3F)cc2)cc1. The van der Waals surface area contributed by atoms with E-state index >= 15 is 0 Å². The van der Waals surface area contributed by atoms with Gasteiger partial charge >= 0.3 is 0 Å². The maximum absolute atomic E-state index is 14.8. The molecule has 4 aromatic rings. The van der Waals surface area contributed by atoms with Crippen LogP contribution in [0.1, 0.15) is 18.1 Å². The van der Waals surface area contributed by atoms with Gasteiger partial charge in [0.15, 0.2) is 0 Å². The number of aryl methyl sites for hydroxylation is 2. The first-order chi connectivity index (χ1) is 13.6. The first kappa shape index (κ1) is 18.2. The van der Waals surface area contributed by atoms with Gasteiger partial charge in [-0.2, -0.15) is 0 Å². The van der Waals surface area contributed by atoms with E-state index in [0.717, 1.165) is 28.7 Å². The average molecular weight is 366 g/mol. The Morgan fingerprint density at radius 2 is 1.04 bits per heavy atom. The molecular weight excluding hydrogens is 343 g/mol. The lowest BCUT2D eigenvalue weighted by molar-refractivity contribution is 0.632. The monoisotopic (exact) mass is 366 g/mol. The van der Waals surface area contributed by atoms with Crippen LogP contribution in [0.4, 0.5) is 4.39 Å². The van der Waals surface area contributed by atoms with E-state index in [-0.39, 0.29) is 5.82 Å². The lowest BCUT2D eigenvalue weighted by Gasteiger charge is -2.09. The van der Waals surface area contributed by atoms with Crippen LogP contribution in [-0.2, 0) is 6.42 Å². The van der Waals surface area contributed by atoms with Crippen molar-refractivity contribution in [2.75, 3.05) is 0 Å². The summed E-state index contributed by atoms with van der Waals surface area (Å²) in [5, 5.41) is 0. The van der Waals surface area contributed by atoms with E-state index in [1.54, 1.807) is 6.07 Å². The van der Waals surface area contributed by atoms with Crippen molar-refractivity contribution in [3.8, 4) is 33.4 Å². The number of rotatable bonds is 4. The van der Waals surface area contributed by atoms with Crippen LogP contribution in [0.2, 0.25) is 0 Å². The maximum Gasteiger partial charge on any atom is 0.131 e. The van der Waals surface area contributed by atoms with Gasteiger partial charge in [-0.25, -0.2) is 4.39 Å². The van der Waals surface area contributed by atoms with E-state index in [2.05, 4.69) is 50.2 Å². The molecule has 0 N–H and O–H groups in total. The molecule has 0 spiro atoms.